The second kappa shape index (κ2) is 6.79. The van der Waals surface area contributed by atoms with Gasteiger partial charge in [-0.05, 0) is 0 Å². The number of carboxylic acid groups (broad SMARTS) is 1. The lowest BCUT2D eigenvalue weighted by molar-refractivity contribution is -0.439. The number of carbonyl (C=O) groups is 1. The SMILES string of the molecule is F.O=C(O)C(F)(OS(=O)(=O)O)C(F)(F)C(F)(F)C(F)(F)C(F)(F)C(F)(F)F. The van der Waals surface area contributed by atoms with Crippen molar-refractivity contribution in [3.63, 3.8) is 0 Å². The monoisotopic (exact) mass is 462 g/mol. The number of aliphatic carboxylic acids is 1. The first-order valence-corrected chi connectivity index (χ1v) is 6.45. The van der Waals surface area contributed by atoms with Crippen molar-refractivity contribution in [2.75, 3.05) is 0 Å². The van der Waals surface area contributed by atoms with Crippen LogP contribution in [0.3, 0.4) is 0 Å². The van der Waals surface area contributed by atoms with Gasteiger partial charge in [-0.15, -0.1) is 0 Å². The molecule has 0 amide bonds. The van der Waals surface area contributed by atoms with E-state index in [4.69, 9.17) is 9.66 Å². The van der Waals surface area contributed by atoms with Gasteiger partial charge in [0, 0.05) is 0 Å². The van der Waals surface area contributed by atoms with E-state index in [1.807, 2.05) is 4.18 Å². The Balaban J connectivity index is 0. The summed E-state index contributed by atoms with van der Waals surface area (Å²) in [5.74, 6) is -43.5. The minimum absolute atomic E-state index is 0. The molecule has 164 valence electrons. The molecule has 0 aliphatic carbocycles. The Labute approximate surface area is 138 Å². The minimum Gasteiger partial charge on any atom is -0.477 e. The summed E-state index contributed by atoms with van der Waals surface area (Å²) in [4.78, 5) is 10.2. The molecule has 0 aliphatic rings. The summed E-state index contributed by atoms with van der Waals surface area (Å²) in [5.41, 5.74) is 0. The molecular weight excluding hydrogens is 459 g/mol. The predicted molar refractivity (Wildman–Crippen MR) is 52.5 cm³/mol. The average Bonchev–Trinajstić information content (AvgIpc) is 2.33. The Hall–Kier alpha value is -1.57. The molecule has 0 aromatic heterocycles. The van der Waals surface area contributed by atoms with Gasteiger partial charge in [-0.1, -0.05) is 0 Å². The molecule has 0 bridgehead atoms. The molecule has 0 saturated carbocycles. The number of hydrogen-bond donors (Lipinski definition) is 2. The number of hydrogen-bond acceptors (Lipinski definition) is 4. The fourth-order valence-corrected chi connectivity index (χ4v) is 1.61. The lowest BCUT2D eigenvalue weighted by Crippen LogP contribution is -2.72. The first kappa shape index (κ1) is 27.6. The molecule has 0 aromatic carbocycles. The van der Waals surface area contributed by atoms with Crippen molar-refractivity contribution in [1.29, 1.82) is 0 Å². The summed E-state index contributed by atoms with van der Waals surface area (Å²) in [5, 5.41) is 7.98. The lowest BCUT2D eigenvalue weighted by Gasteiger charge is -2.39. The van der Waals surface area contributed by atoms with Gasteiger partial charge in [0.05, 0.1) is 0 Å². The van der Waals surface area contributed by atoms with Gasteiger partial charge in [0.2, 0.25) is 0 Å². The Bertz CT molecular complexity index is 669. The smallest absolute Gasteiger partial charge is 0.460 e. The Morgan fingerprint density at radius 3 is 1.22 bits per heavy atom. The topological polar surface area (TPSA) is 101 Å². The highest BCUT2D eigenvalue weighted by Crippen LogP contribution is 2.60. The van der Waals surface area contributed by atoms with Crippen LogP contribution in [0.25, 0.3) is 0 Å². The Morgan fingerprint density at radius 2 is 1.00 bits per heavy atom. The highest BCUT2D eigenvalue weighted by atomic mass is 32.3. The van der Waals surface area contributed by atoms with Crippen molar-refractivity contribution in [3.8, 4) is 0 Å². The summed E-state index contributed by atoms with van der Waals surface area (Å²) < 4.78 is 182. The van der Waals surface area contributed by atoms with E-state index >= 15 is 0 Å². The normalized spacial score (nSPS) is 17.1. The van der Waals surface area contributed by atoms with Gasteiger partial charge >= 0.3 is 52.1 Å². The van der Waals surface area contributed by atoms with Crippen LogP contribution in [0.15, 0.2) is 0 Å². The fraction of sp³-hybridized carbons (Fsp3) is 0.857. The minimum atomic E-state index is -8.23. The van der Waals surface area contributed by atoms with E-state index < -0.39 is 52.1 Å². The molecule has 0 aromatic rings. The van der Waals surface area contributed by atoms with Gasteiger partial charge < -0.3 is 5.11 Å². The molecular formula is C7H3F13O6S. The second-order valence-electron chi connectivity index (χ2n) is 4.21. The summed E-state index contributed by atoms with van der Waals surface area (Å²) in [6.45, 7) is 0. The van der Waals surface area contributed by atoms with E-state index in [2.05, 4.69) is 0 Å². The van der Waals surface area contributed by atoms with Crippen LogP contribution in [0.5, 0.6) is 0 Å². The third kappa shape index (κ3) is 4.00. The molecule has 0 spiro atoms. The van der Waals surface area contributed by atoms with Gasteiger partial charge in [-0.3, -0.25) is 9.26 Å². The number of carboxylic acids is 1. The molecule has 1 unspecified atom stereocenters. The average molecular weight is 462 g/mol. The third-order valence-corrected chi connectivity index (χ3v) is 2.88. The van der Waals surface area contributed by atoms with E-state index in [-0.39, 0.29) is 4.70 Å². The van der Waals surface area contributed by atoms with Crippen molar-refractivity contribution in [2.24, 2.45) is 0 Å². The zero-order valence-electron chi connectivity index (χ0n) is 11.4. The summed E-state index contributed by atoms with van der Waals surface area (Å²) in [7, 11) is -6.80. The lowest BCUT2D eigenvalue weighted by atomic mass is 9.93. The first-order valence-electron chi connectivity index (χ1n) is 5.08. The van der Waals surface area contributed by atoms with Crippen LogP contribution in [-0.2, 0) is 19.4 Å². The van der Waals surface area contributed by atoms with E-state index in [9.17, 15) is 65.9 Å². The fourth-order valence-electron chi connectivity index (χ4n) is 1.14. The maximum absolute atomic E-state index is 13.4. The molecule has 1 atom stereocenters. The van der Waals surface area contributed by atoms with Crippen molar-refractivity contribution in [3.05, 3.63) is 0 Å². The molecule has 0 radical (unpaired) electrons. The molecule has 0 aliphatic heterocycles. The molecule has 20 heteroatoms. The number of alkyl halides is 12. The van der Waals surface area contributed by atoms with Crippen LogP contribution in [0.4, 0.5) is 57.4 Å². The highest BCUT2D eigenvalue weighted by Gasteiger charge is 2.92. The molecule has 0 heterocycles. The largest absolute Gasteiger partial charge is 0.477 e. The molecule has 27 heavy (non-hydrogen) atoms. The van der Waals surface area contributed by atoms with E-state index in [1.165, 1.54) is 0 Å². The molecule has 0 fully saturated rings. The van der Waals surface area contributed by atoms with Crippen molar-refractivity contribution < 1.29 is 84.4 Å². The van der Waals surface area contributed by atoms with E-state index in [0.717, 1.165) is 0 Å². The highest BCUT2D eigenvalue weighted by molar-refractivity contribution is 7.81. The van der Waals surface area contributed by atoms with Crippen LogP contribution in [-0.4, -0.2) is 59.8 Å². The Morgan fingerprint density at radius 1 is 0.704 bits per heavy atom. The maximum Gasteiger partial charge on any atom is 0.460 e. The van der Waals surface area contributed by atoms with Crippen LogP contribution < -0.4 is 0 Å². The summed E-state index contributed by atoms with van der Waals surface area (Å²) >= 11 is 0. The van der Waals surface area contributed by atoms with Gasteiger partial charge in [0.15, 0.2) is 0 Å². The summed E-state index contributed by atoms with van der Waals surface area (Å²) in [6.07, 6.45) is -7.62. The number of halogens is 13. The predicted octanol–water partition coefficient (Wildman–Crippen LogP) is 2.81. The van der Waals surface area contributed by atoms with Crippen molar-refractivity contribution >= 4 is 16.4 Å². The van der Waals surface area contributed by atoms with Crippen LogP contribution >= 0.6 is 0 Å². The zero-order chi connectivity index (χ0) is 21.8. The molecule has 0 rings (SSSR count). The van der Waals surface area contributed by atoms with Gasteiger partial charge in [-0.2, -0.15) is 65.3 Å². The standard InChI is InChI=1S/C7H2F12O6S.FH/c8-2(1(20)21,25-26(22,23)24)3(9,10)4(11,12)5(13,14)6(15,16)7(17,18)19;/h(H,20,21)(H,22,23,24);1H. The molecule has 2 N–H and O–H groups in total. The first-order chi connectivity index (χ1) is 10.9. The van der Waals surface area contributed by atoms with Crippen LogP contribution in [0.1, 0.15) is 0 Å². The van der Waals surface area contributed by atoms with Crippen LogP contribution in [0.2, 0.25) is 0 Å². The van der Waals surface area contributed by atoms with Gasteiger partial charge in [0.25, 0.3) is 0 Å². The van der Waals surface area contributed by atoms with Crippen LogP contribution in [0, 0.1) is 0 Å². The van der Waals surface area contributed by atoms with E-state index in [1.54, 1.807) is 0 Å². The number of rotatable bonds is 7. The second-order valence-corrected chi connectivity index (χ2v) is 5.23. The van der Waals surface area contributed by atoms with Gasteiger partial charge in [-0.25, -0.2) is 4.79 Å². The molecule has 6 nitrogen and oxygen atoms in total. The van der Waals surface area contributed by atoms with Crippen molar-refractivity contribution in [2.45, 2.75) is 35.7 Å². The van der Waals surface area contributed by atoms with Crippen molar-refractivity contribution in [1.82, 2.24) is 0 Å². The maximum atomic E-state index is 13.4. The van der Waals surface area contributed by atoms with E-state index in [0.29, 0.717) is 0 Å². The quantitative estimate of drug-likeness (QED) is 0.446. The molecule has 0 saturated heterocycles. The Kier molecular flexibility index (Phi) is 6.96. The third-order valence-electron chi connectivity index (χ3n) is 2.44. The van der Waals surface area contributed by atoms with Gasteiger partial charge in [0.1, 0.15) is 0 Å². The zero-order valence-corrected chi connectivity index (χ0v) is 12.2. The summed E-state index contributed by atoms with van der Waals surface area (Å²) in [6, 6.07) is 0.